The first kappa shape index (κ1) is 19.3. The Labute approximate surface area is 161 Å². The number of nitrogens with one attached hydrogen (secondary N) is 1. The molecular formula is C15H13F2N7O3S. The van der Waals surface area contributed by atoms with E-state index in [0.29, 0.717) is 16.9 Å². The lowest BCUT2D eigenvalue weighted by molar-refractivity contribution is -0.385. The van der Waals surface area contributed by atoms with Crippen molar-refractivity contribution in [3.05, 3.63) is 62.4 Å². The summed E-state index contributed by atoms with van der Waals surface area (Å²) < 4.78 is 33.3. The van der Waals surface area contributed by atoms with Gasteiger partial charge in [-0.3, -0.25) is 14.8 Å². The van der Waals surface area contributed by atoms with Crippen LogP contribution in [0.2, 0.25) is 0 Å². The number of aromatic nitrogens is 5. The Morgan fingerprint density at radius 2 is 2.29 bits per heavy atom. The molecule has 0 amide bonds. The van der Waals surface area contributed by atoms with Crippen molar-refractivity contribution in [2.24, 2.45) is 5.10 Å². The highest BCUT2D eigenvalue weighted by Gasteiger charge is 2.16. The topological polar surface area (TPSA) is 116 Å². The van der Waals surface area contributed by atoms with Crippen molar-refractivity contribution >= 4 is 24.1 Å². The van der Waals surface area contributed by atoms with Crippen molar-refractivity contribution in [1.82, 2.24) is 24.7 Å². The summed E-state index contributed by atoms with van der Waals surface area (Å²) in [5.74, 6) is -0.0673. The van der Waals surface area contributed by atoms with Gasteiger partial charge in [0.2, 0.25) is 10.6 Å². The Balaban J connectivity index is 1.89. The molecule has 2 aromatic heterocycles. The Morgan fingerprint density at radius 3 is 2.93 bits per heavy atom. The first-order valence-electron chi connectivity index (χ1n) is 7.72. The quantitative estimate of drug-likeness (QED) is 0.278. The largest absolute Gasteiger partial charge is 0.496 e. The van der Waals surface area contributed by atoms with Crippen LogP contribution in [0.1, 0.15) is 23.4 Å². The lowest BCUT2D eigenvalue weighted by Crippen LogP contribution is -2.04. The van der Waals surface area contributed by atoms with Gasteiger partial charge in [-0.2, -0.15) is 20.0 Å². The maximum atomic E-state index is 12.9. The fraction of sp³-hybridized carbons (Fsp3) is 0.200. The number of aromatic amines is 1. The molecule has 13 heteroatoms. The number of nitrogens with zero attached hydrogens (tertiary/aromatic N) is 6. The number of H-pyrrole nitrogens is 1. The fourth-order valence-corrected chi connectivity index (χ4v) is 2.58. The monoisotopic (exact) mass is 409 g/mol. The van der Waals surface area contributed by atoms with Crippen LogP contribution < -0.4 is 4.74 Å². The maximum Gasteiger partial charge on any atom is 0.307 e. The summed E-state index contributed by atoms with van der Waals surface area (Å²) in [6.45, 7) is 0.201. The zero-order chi connectivity index (χ0) is 20.3. The Bertz CT molecular complexity index is 1090. The third-order valence-electron chi connectivity index (χ3n) is 3.66. The Morgan fingerprint density at radius 1 is 1.50 bits per heavy atom. The van der Waals surface area contributed by atoms with Crippen molar-refractivity contribution in [3.63, 3.8) is 0 Å². The van der Waals surface area contributed by atoms with Crippen molar-refractivity contribution in [3.8, 4) is 5.75 Å². The second-order valence-corrected chi connectivity index (χ2v) is 5.86. The van der Waals surface area contributed by atoms with Crippen LogP contribution in [0.4, 0.5) is 14.5 Å². The maximum absolute atomic E-state index is 12.9. The molecule has 0 spiro atoms. The molecule has 1 aromatic carbocycles. The number of hydrogen-bond acceptors (Lipinski definition) is 7. The van der Waals surface area contributed by atoms with Crippen LogP contribution in [-0.4, -0.2) is 42.9 Å². The van der Waals surface area contributed by atoms with Gasteiger partial charge in [-0.05, 0) is 36.0 Å². The summed E-state index contributed by atoms with van der Waals surface area (Å²) in [4.78, 5) is 10.2. The molecule has 1 N–H and O–H groups in total. The smallest absolute Gasteiger partial charge is 0.307 e. The third kappa shape index (κ3) is 4.09. The molecule has 0 unspecified atom stereocenters. The number of hydrogen-bond donors (Lipinski definition) is 1. The van der Waals surface area contributed by atoms with Crippen LogP contribution in [-0.2, 0) is 6.54 Å². The van der Waals surface area contributed by atoms with E-state index < -0.39 is 17.2 Å². The minimum Gasteiger partial charge on any atom is -0.496 e. The predicted molar refractivity (Wildman–Crippen MR) is 96.3 cm³/mol. The number of nitro groups is 1. The van der Waals surface area contributed by atoms with Gasteiger partial charge in [0.25, 0.3) is 6.43 Å². The summed E-state index contributed by atoms with van der Waals surface area (Å²) in [6.07, 6.45) is 0.933. The molecule has 0 saturated carbocycles. The molecular weight excluding hydrogens is 396 g/mol. The molecule has 0 saturated heterocycles. The van der Waals surface area contributed by atoms with E-state index in [4.69, 9.17) is 17.0 Å². The summed E-state index contributed by atoms with van der Waals surface area (Å²) in [7, 11) is 1.48. The standard InChI is InChI=1S/C15H13F2N7O3S/c1-27-12-3-2-9(5-19-23-14(13(16)17)20-21-15(23)28)4-10(12)7-22-8-11(6-18-22)24(25)26/h2-6,8,13H,7H2,1H3,(H,21,28)/b19-5-. The first-order valence-corrected chi connectivity index (χ1v) is 8.13. The van der Waals surface area contributed by atoms with Crippen molar-refractivity contribution in [1.29, 1.82) is 0 Å². The van der Waals surface area contributed by atoms with E-state index in [0.717, 1.165) is 10.9 Å². The summed E-state index contributed by atoms with van der Waals surface area (Å²) >= 11 is 4.89. The number of methoxy groups -OCH3 is 1. The van der Waals surface area contributed by atoms with E-state index in [1.807, 2.05) is 0 Å². The lowest BCUT2D eigenvalue weighted by atomic mass is 10.1. The highest BCUT2D eigenvalue weighted by atomic mass is 32.1. The van der Waals surface area contributed by atoms with Crippen molar-refractivity contribution in [2.45, 2.75) is 13.0 Å². The minimum atomic E-state index is -2.84. The van der Waals surface area contributed by atoms with E-state index in [2.05, 4.69) is 20.4 Å². The summed E-state index contributed by atoms with van der Waals surface area (Å²) in [5.41, 5.74) is 1.10. The first-order chi connectivity index (χ1) is 13.4. The molecule has 0 aliphatic heterocycles. The van der Waals surface area contributed by atoms with Crippen LogP contribution in [0.5, 0.6) is 5.75 Å². The number of halogens is 2. The molecule has 0 aliphatic rings. The van der Waals surface area contributed by atoms with E-state index in [9.17, 15) is 18.9 Å². The number of benzene rings is 1. The molecule has 28 heavy (non-hydrogen) atoms. The lowest BCUT2D eigenvalue weighted by Gasteiger charge is -2.09. The normalized spacial score (nSPS) is 11.4. The molecule has 146 valence electrons. The average Bonchev–Trinajstić information content (AvgIpc) is 3.27. The van der Waals surface area contributed by atoms with Gasteiger partial charge in [-0.15, -0.1) is 0 Å². The number of ether oxygens (including phenoxy) is 1. The van der Waals surface area contributed by atoms with Gasteiger partial charge in [0.15, 0.2) is 0 Å². The van der Waals surface area contributed by atoms with Gasteiger partial charge >= 0.3 is 5.69 Å². The van der Waals surface area contributed by atoms with Gasteiger partial charge in [-0.25, -0.2) is 13.9 Å². The molecule has 0 atom stereocenters. The second-order valence-electron chi connectivity index (χ2n) is 5.47. The highest BCUT2D eigenvalue weighted by Crippen LogP contribution is 2.21. The Hall–Kier alpha value is -3.48. The minimum absolute atomic E-state index is 0.0656. The SMILES string of the molecule is COc1ccc(/C=N\n2c(C(F)F)n[nH]c2=S)cc1Cn1cc([N+](=O)[O-])cn1. The van der Waals surface area contributed by atoms with Crippen molar-refractivity contribution in [2.75, 3.05) is 7.11 Å². The third-order valence-corrected chi connectivity index (χ3v) is 3.92. The molecule has 0 fully saturated rings. The van der Waals surface area contributed by atoms with Crippen molar-refractivity contribution < 1.29 is 18.4 Å². The van der Waals surface area contributed by atoms with E-state index in [1.165, 1.54) is 24.2 Å². The second kappa shape index (κ2) is 8.04. The van der Waals surface area contributed by atoms with Gasteiger partial charge < -0.3 is 4.74 Å². The van der Waals surface area contributed by atoms with E-state index in [1.54, 1.807) is 18.2 Å². The molecule has 3 rings (SSSR count). The number of rotatable bonds is 7. The van der Waals surface area contributed by atoms with Gasteiger partial charge in [-0.1, -0.05) is 0 Å². The zero-order valence-corrected chi connectivity index (χ0v) is 15.1. The van der Waals surface area contributed by atoms with E-state index >= 15 is 0 Å². The molecule has 10 nitrogen and oxygen atoms in total. The van der Waals surface area contributed by atoms with Crippen LogP contribution in [0.3, 0.4) is 0 Å². The average molecular weight is 409 g/mol. The predicted octanol–water partition coefficient (Wildman–Crippen LogP) is 2.92. The van der Waals surface area contributed by atoms with Crippen LogP contribution in [0.15, 0.2) is 35.7 Å². The van der Waals surface area contributed by atoms with Crippen LogP contribution in [0, 0.1) is 14.9 Å². The van der Waals surface area contributed by atoms with Crippen LogP contribution >= 0.6 is 12.2 Å². The molecule has 0 radical (unpaired) electrons. The molecule has 3 aromatic rings. The molecule has 0 bridgehead atoms. The highest BCUT2D eigenvalue weighted by molar-refractivity contribution is 7.71. The van der Waals surface area contributed by atoms with Crippen LogP contribution in [0.25, 0.3) is 0 Å². The fourth-order valence-electron chi connectivity index (χ4n) is 2.39. The molecule has 0 aliphatic carbocycles. The summed E-state index contributed by atoms with van der Waals surface area (Å²) in [5, 5.41) is 24.4. The van der Waals surface area contributed by atoms with Gasteiger partial charge in [0.05, 0.1) is 24.8 Å². The number of alkyl halides is 2. The zero-order valence-electron chi connectivity index (χ0n) is 14.3. The molecule has 2 heterocycles. The van der Waals surface area contributed by atoms with Gasteiger partial charge in [0.1, 0.15) is 18.1 Å². The Kier molecular flexibility index (Phi) is 5.54. The van der Waals surface area contributed by atoms with E-state index in [-0.39, 0.29) is 17.0 Å². The summed E-state index contributed by atoms with van der Waals surface area (Å²) in [6, 6.07) is 5.03. The van der Waals surface area contributed by atoms with Gasteiger partial charge in [0, 0.05) is 5.56 Å².